The number of nitrogens with zero attached hydrogens (tertiary/aromatic N) is 5. The van der Waals surface area contributed by atoms with Crippen LogP contribution in [0.25, 0.3) is 11.2 Å². The summed E-state index contributed by atoms with van der Waals surface area (Å²) in [6, 6.07) is 0. The third-order valence-electron chi connectivity index (χ3n) is 4.64. The number of H-pyrrole nitrogens is 1. The van der Waals surface area contributed by atoms with E-state index in [1.165, 1.54) is 0 Å². The number of aliphatic hydroxyl groups excluding tert-OH is 1. The minimum atomic E-state index is -0.411. The number of aliphatic imine (C=N–C) groups is 1. The zero-order valence-electron chi connectivity index (χ0n) is 13.6. The molecule has 128 valence electrons. The van der Waals surface area contributed by atoms with Gasteiger partial charge in [-0.1, -0.05) is 0 Å². The number of imidazole rings is 1. The zero-order valence-corrected chi connectivity index (χ0v) is 13.6. The number of ether oxygens (including phenoxy) is 1. The summed E-state index contributed by atoms with van der Waals surface area (Å²) in [5, 5.41) is 9.99. The summed E-state index contributed by atoms with van der Waals surface area (Å²) in [5.41, 5.74) is 0.381. The molecule has 1 unspecified atom stereocenters. The van der Waals surface area contributed by atoms with Crippen LogP contribution >= 0.6 is 0 Å². The third-order valence-corrected chi connectivity index (χ3v) is 4.64. The van der Waals surface area contributed by atoms with Crippen LogP contribution in [-0.4, -0.2) is 62.2 Å². The quantitative estimate of drug-likeness (QED) is 0.622. The molecule has 2 aromatic heterocycles. The lowest BCUT2D eigenvalue weighted by molar-refractivity contribution is -0.0525. The fourth-order valence-corrected chi connectivity index (χ4v) is 3.51. The number of aromatic amines is 1. The molecule has 2 N–H and O–H groups in total. The number of nitrogens with one attached hydrogen (secondary N) is 1. The summed E-state index contributed by atoms with van der Waals surface area (Å²) in [6.07, 6.45) is 4.86. The molecule has 4 rings (SSSR count). The highest BCUT2D eigenvalue weighted by Gasteiger charge is 2.44. The predicted octanol–water partition coefficient (Wildman–Crippen LogP) is 0.399. The predicted molar refractivity (Wildman–Crippen MR) is 87.2 cm³/mol. The van der Waals surface area contributed by atoms with Gasteiger partial charge in [-0.15, -0.1) is 0 Å². The monoisotopic (exact) mass is 332 g/mol. The first-order valence-corrected chi connectivity index (χ1v) is 8.04. The molecule has 3 heterocycles. The molecular formula is C15H20N6O3. The minimum absolute atomic E-state index is 0.138. The minimum Gasteiger partial charge on any atom is -0.390 e. The Kier molecular flexibility index (Phi) is 3.61. The van der Waals surface area contributed by atoms with Gasteiger partial charge in [0, 0.05) is 14.1 Å². The number of hydrogen-bond acceptors (Lipinski definition) is 6. The Morgan fingerprint density at radius 2 is 2.33 bits per heavy atom. The molecule has 24 heavy (non-hydrogen) atoms. The number of aromatic nitrogens is 4. The van der Waals surface area contributed by atoms with Gasteiger partial charge in [0.05, 0.1) is 24.9 Å². The molecule has 4 atom stereocenters. The van der Waals surface area contributed by atoms with E-state index in [0.29, 0.717) is 11.6 Å². The van der Waals surface area contributed by atoms with E-state index in [-0.39, 0.29) is 29.4 Å². The van der Waals surface area contributed by atoms with Crippen LogP contribution in [0, 0.1) is 5.92 Å². The van der Waals surface area contributed by atoms with Crippen molar-refractivity contribution < 1.29 is 9.84 Å². The molecule has 0 bridgehead atoms. The summed E-state index contributed by atoms with van der Waals surface area (Å²) in [4.78, 5) is 29.3. The van der Waals surface area contributed by atoms with Gasteiger partial charge in [0.15, 0.2) is 11.2 Å². The molecule has 2 aliphatic rings. The van der Waals surface area contributed by atoms with Crippen molar-refractivity contribution in [3.8, 4) is 0 Å². The van der Waals surface area contributed by atoms with Crippen LogP contribution in [0.1, 0.15) is 25.5 Å². The molecule has 1 aliphatic heterocycles. The Morgan fingerprint density at radius 1 is 1.50 bits per heavy atom. The van der Waals surface area contributed by atoms with Gasteiger partial charge in [-0.3, -0.25) is 14.3 Å². The SMILES string of the molecule is CN(C)C=Nc1nc2c(ncn2[C@H]2C[C@H]3CCC(O)[C@H]3O2)c(=O)[nH]1. The maximum atomic E-state index is 12.2. The van der Waals surface area contributed by atoms with Crippen molar-refractivity contribution in [1.82, 2.24) is 24.4 Å². The first-order valence-electron chi connectivity index (χ1n) is 8.04. The van der Waals surface area contributed by atoms with E-state index in [1.807, 2.05) is 14.1 Å². The maximum Gasteiger partial charge on any atom is 0.280 e. The van der Waals surface area contributed by atoms with Gasteiger partial charge in [-0.2, -0.15) is 4.98 Å². The topological polar surface area (TPSA) is 109 Å². The molecule has 0 radical (unpaired) electrons. The Morgan fingerprint density at radius 3 is 3.08 bits per heavy atom. The molecule has 9 heteroatoms. The lowest BCUT2D eigenvalue weighted by atomic mass is 10.0. The van der Waals surface area contributed by atoms with Gasteiger partial charge in [0.25, 0.3) is 5.56 Å². The van der Waals surface area contributed by atoms with E-state index >= 15 is 0 Å². The van der Waals surface area contributed by atoms with E-state index in [2.05, 4.69) is 19.9 Å². The Bertz CT molecular complexity index is 841. The fourth-order valence-electron chi connectivity index (χ4n) is 3.51. The third kappa shape index (κ3) is 2.49. The summed E-state index contributed by atoms with van der Waals surface area (Å²) < 4.78 is 7.77. The smallest absolute Gasteiger partial charge is 0.280 e. The van der Waals surface area contributed by atoms with Crippen molar-refractivity contribution in [2.45, 2.75) is 37.7 Å². The summed E-state index contributed by atoms with van der Waals surface area (Å²) >= 11 is 0. The van der Waals surface area contributed by atoms with Gasteiger partial charge in [-0.25, -0.2) is 9.98 Å². The molecule has 0 spiro atoms. The van der Waals surface area contributed by atoms with E-state index in [4.69, 9.17) is 4.74 Å². The molecule has 9 nitrogen and oxygen atoms in total. The highest BCUT2D eigenvalue weighted by atomic mass is 16.5. The highest BCUT2D eigenvalue weighted by Crippen LogP contribution is 2.43. The summed E-state index contributed by atoms with van der Waals surface area (Å²) in [6.45, 7) is 0. The second-order valence-corrected chi connectivity index (χ2v) is 6.62. The lowest BCUT2D eigenvalue weighted by Crippen LogP contribution is -2.23. The molecule has 1 saturated carbocycles. The molecule has 2 fully saturated rings. The van der Waals surface area contributed by atoms with Crippen LogP contribution in [-0.2, 0) is 4.74 Å². The van der Waals surface area contributed by atoms with E-state index in [0.717, 1.165) is 19.3 Å². The molecule has 0 amide bonds. The Labute approximate surface area is 138 Å². The maximum absolute atomic E-state index is 12.2. The first kappa shape index (κ1) is 15.3. The molecule has 2 aromatic rings. The van der Waals surface area contributed by atoms with Gasteiger partial charge in [0.1, 0.15) is 6.23 Å². The van der Waals surface area contributed by atoms with Crippen LogP contribution < -0.4 is 5.56 Å². The van der Waals surface area contributed by atoms with Gasteiger partial charge < -0.3 is 14.7 Å². The molecule has 1 aliphatic carbocycles. The highest BCUT2D eigenvalue weighted by molar-refractivity contribution is 5.71. The van der Waals surface area contributed by atoms with Gasteiger partial charge >= 0.3 is 0 Å². The van der Waals surface area contributed by atoms with Crippen molar-refractivity contribution in [1.29, 1.82) is 0 Å². The standard InChI is InChI=1S/C15H20N6O3/c1-20(2)6-17-15-18-13-11(14(23)19-15)16-7-21(13)10-5-8-3-4-9(22)12(8)24-10/h6-10,12,22H,3-5H2,1-2H3,(H,18,19,23)/t8-,9?,10-,12+/m1/s1. The largest absolute Gasteiger partial charge is 0.390 e. The van der Waals surface area contributed by atoms with Crippen molar-refractivity contribution in [2.24, 2.45) is 10.9 Å². The average Bonchev–Trinajstić information content (AvgIpc) is 3.21. The van der Waals surface area contributed by atoms with Crippen molar-refractivity contribution >= 4 is 23.5 Å². The second kappa shape index (κ2) is 5.67. The van der Waals surface area contributed by atoms with Crippen LogP contribution in [0.3, 0.4) is 0 Å². The van der Waals surface area contributed by atoms with E-state index in [1.54, 1.807) is 22.1 Å². The van der Waals surface area contributed by atoms with Crippen LogP contribution in [0.15, 0.2) is 16.1 Å². The Hall–Kier alpha value is -2.26. The number of aliphatic hydroxyl groups is 1. The molecular weight excluding hydrogens is 312 g/mol. The van der Waals surface area contributed by atoms with Crippen LogP contribution in [0.2, 0.25) is 0 Å². The van der Waals surface area contributed by atoms with Crippen molar-refractivity contribution in [3.63, 3.8) is 0 Å². The number of fused-ring (bicyclic) bond motifs is 2. The van der Waals surface area contributed by atoms with Crippen molar-refractivity contribution in [3.05, 3.63) is 16.7 Å². The van der Waals surface area contributed by atoms with Gasteiger partial charge in [0.2, 0.25) is 5.95 Å². The van der Waals surface area contributed by atoms with E-state index < -0.39 is 6.10 Å². The second-order valence-electron chi connectivity index (χ2n) is 6.62. The van der Waals surface area contributed by atoms with Crippen molar-refractivity contribution in [2.75, 3.05) is 14.1 Å². The molecule has 0 aromatic carbocycles. The lowest BCUT2D eigenvalue weighted by Gasteiger charge is -2.16. The first-order chi connectivity index (χ1) is 11.5. The van der Waals surface area contributed by atoms with Crippen LogP contribution in [0.5, 0.6) is 0 Å². The van der Waals surface area contributed by atoms with E-state index in [9.17, 15) is 9.90 Å². The summed E-state index contributed by atoms with van der Waals surface area (Å²) in [7, 11) is 3.67. The van der Waals surface area contributed by atoms with Gasteiger partial charge in [-0.05, 0) is 25.2 Å². The van der Waals surface area contributed by atoms with Crippen LogP contribution in [0.4, 0.5) is 5.95 Å². The summed E-state index contributed by atoms with van der Waals surface area (Å²) in [5.74, 6) is 0.567. The zero-order chi connectivity index (χ0) is 16.8. The Balaban J connectivity index is 1.70. The number of rotatable bonds is 3. The fraction of sp³-hybridized carbons (Fsp3) is 0.600. The normalized spacial score (nSPS) is 29.6. The molecule has 1 saturated heterocycles. The number of hydrogen-bond donors (Lipinski definition) is 2. The average molecular weight is 332 g/mol.